The van der Waals surface area contributed by atoms with E-state index in [2.05, 4.69) is 17.6 Å². The van der Waals surface area contributed by atoms with E-state index in [9.17, 15) is 14.4 Å². The number of hydrogen-bond donors (Lipinski definition) is 2. The predicted molar refractivity (Wildman–Crippen MR) is 79.7 cm³/mol. The second-order valence-electron chi connectivity index (χ2n) is 3.57. The van der Waals surface area contributed by atoms with E-state index in [4.69, 9.17) is 20.3 Å². The monoisotopic (exact) mass is 319 g/mol. The SMILES string of the molecule is C#CC(=O)OC(=O)C#C.COc1cc(N)c(C(=O)O)cc1OC. The summed E-state index contributed by atoms with van der Waals surface area (Å²) in [6.07, 6.45) is 9.06. The average molecular weight is 319 g/mol. The lowest BCUT2D eigenvalue weighted by atomic mass is 10.1. The molecule has 1 rings (SSSR count). The number of terminal acetylenes is 2. The lowest BCUT2D eigenvalue weighted by Crippen LogP contribution is -2.06. The molecule has 0 radical (unpaired) electrons. The van der Waals surface area contributed by atoms with Crippen LogP contribution in [0.1, 0.15) is 10.4 Å². The van der Waals surface area contributed by atoms with Crippen LogP contribution in [0.4, 0.5) is 5.69 Å². The number of nitrogen functional groups attached to an aromatic ring is 1. The van der Waals surface area contributed by atoms with Crippen LogP contribution in [0.15, 0.2) is 12.1 Å². The second kappa shape index (κ2) is 9.32. The number of hydrogen-bond acceptors (Lipinski definition) is 7. The smallest absolute Gasteiger partial charge is 0.392 e. The molecule has 0 saturated carbocycles. The Hall–Kier alpha value is -3.65. The van der Waals surface area contributed by atoms with Gasteiger partial charge in [-0.25, -0.2) is 14.4 Å². The molecule has 0 aliphatic rings. The molecule has 23 heavy (non-hydrogen) atoms. The summed E-state index contributed by atoms with van der Waals surface area (Å²) in [5.41, 5.74) is 5.66. The Morgan fingerprint density at radius 1 is 1.04 bits per heavy atom. The summed E-state index contributed by atoms with van der Waals surface area (Å²) in [7, 11) is 2.89. The van der Waals surface area contributed by atoms with E-state index in [0.29, 0.717) is 11.5 Å². The van der Waals surface area contributed by atoms with E-state index in [0.717, 1.165) is 0 Å². The van der Waals surface area contributed by atoms with Crippen molar-refractivity contribution in [3.63, 3.8) is 0 Å². The molecule has 0 aliphatic heterocycles. The number of aromatic carboxylic acids is 1. The minimum atomic E-state index is -1.09. The predicted octanol–water partition coefficient (Wildman–Crippen LogP) is 0.307. The van der Waals surface area contributed by atoms with Crippen LogP contribution < -0.4 is 15.2 Å². The summed E-state index contributed by atoms with van der Waals surface area (Å²) in [5.74, 6) is 0.627. The number of anilines is 1. The number of ether oxygens (including phenoxy) is 3. The molecule has 8 nitrogen and oxygen atoms in total. The Labute approximate surface area is 132 Å². The Kier molecular flexibility index (Phi) is 7.84. The summed E-state index contributed by atoms with van der Waals surface area (Å²) < 4.78 is 13.7. The second-order valence-corrected chi connectivity index (χ2v) is 3.57. The first-order valence-electron chi connectivity index (χ1n) is 5.74. The molecule has 120 valence electrons. The van der Waals surface area contributed by atoms with Crippen molar-refractivity contribution in [2.45, 2.75) is 0 Å². The molecule has 1 aromatic rings. The summed E-state index contributed by atoms with van der Waals surface area (Å²) in [5, 5.41) is 8.77. The van der Waals surface area contributed by atoms with Crippen molar-refractivity contribution in [1.29, 1.82) is 0 Å². The van der Waals surface area contributed by atoms with Gasteiger partial charge in [-0.05, 0) is 0 Å². The normalized spacial score (nSPS) is 8.35. The van der Waals surface area contributed by atoms with Crippen molar-refractivity contribution in [1.82, 2.24) is 0 Å². The Bertz CT molecular complexity index is 671. The van der Waals surface area contributed by atoms with Crippen LogP contribution in [0.5, 0.6) is 11.5 Å². The number of benzene rings is 1. The minimum absolute atomic E-state index is 0.00245. The molecule has 0 atom stereocenters. The highest BCUT2D eigenvalue weighted by Gasteiger charge is 2.13. The zero-order valence-electron chi connectivity index (χ0n) is 12.3. The molecule has 8 heteroatoms. The first-order valence-corrected chi connectivity index (χ1v) is 5.74. The summed E-state index contributed by atoms with van der Waals surface area (Å²) >= 11 is 0. The number of rotatable bonds is 3. The molecule has 3 N–H and O–H groups in total. The molecule has 0 aromatic heterocycles. The molecule has 0 fully saturated rings. The van der Waals surface area contributed by atoms with E-state index in [1.165, 1.54) is 26.4 Å². The average Bonchev–Trinajstić information content (AvgIpc) is 2.54. The minimum Gasteiger partial charge on any atom is -0.493 e. The fourth-order valence-electron chi connectivity index (χ4n) is 1.22. The zero-order chi connectivity index (χ0) is 18.0. The van der Waals surface area contributed by atoms with Gasteiger partial charge in [0.15, 0.2) is 11.5 Å². The van der Waals surface area contributed by atoms with Gasteiger partial charge in [0.1, 0.15) is 0 Å². The van der Waals surface area contributed by atoms with Gasteiger partial charge in [0.25, 0.3) is 0 Å². The van der Waals surface area contributed by atoms with Gasteiger partial charge in [-0.3, -0.25) is 0 Å². The van der Waals surface area contributed by atoms with E-state index < -0.39 is 17.9 Å². The lowest BCUT2D eigenvalue weighted by Gasteiger charge is -2.09. The van der Waals surface area contributed by atoms with Gasteiger partial charge in [0, 0.05) is 24.0 Å². The molecule has 0 spiro atoms. The van der Waals surface area contributed by atoms with Crippen LogP contribution in [0.25, 0.3) is 0 Å². The standard InChI is InChI=1S/C9H11NO4.C6H2O3/c1-13-7-3-5(9(11)12)6(10)4-8(7)14-2;1-3-5(7)9-6(8)4-2/h3-4H,10H2,1-2H3,(H,11,12);1-2H. The van der Waals surface area contributed by atoms with Crippen LogP contribution in [0.2, 0.25) is 0 Å². The topological polar surface area (TPSA) is 125 Å². The van der Waals surface area contributed by atoms with E-state index in [1.54, 1.807) is 11.8 Å². The van der Waals surface area contributed by atoms with E-state index in [1.807, 2.05) is 0 Å². The molecule has 1 aromatic carbocycles. The van der Waals surface area contributed by atoms with Crippen molar-refractivity contribution >= 4 is 23.6 Å². The van der Waals surface area contributed by atoms with E-state index >= 15 is 0 Å². The quantitative estimate of drug-likeness (QED) is 0.268. The van der Waals surface area contributed by atoms with Gasteiger partial charge in [-0.15, -0.1) is 12.8 Å². The third-order valence-corrected chi connectivity index (χ3v) is 2.21. The van der Waals surface area contributed by atoms with Crippen molar-refractivity contribution in [2.24, 2.45) is 0 Å². The van der Waals surface area contributed by atoms with Crippen LogP contribution >= 0.6 is 0 Å². The highest BCUT2D eigenvalue weighted by molar-refractivity contribution is 6.01. The Morgan fingerprint density at radius 3 is 1.83 bits per heavy atom. The van der Waals surface area contributed by atoms with Crippen LogP contribution in [-0.4, -0.2) is 37.2 Å². The third-order valence-electron chi connectivity index (χ3n) is 2.21. The molecule has 0 bridgehead atoms. The number of carboxylic acid groups (broad SMARTS) is 1. The van der Waals surface area contributed by atoms with Gasteiger partial charge in [0.2, 0.25) is 0 Å². The van der Waals surface area contributed by atoms with Crippen molar-refractivity contribution in [3.05, 3.63) is 17.7 Å². The number of esters is 2. The van der Waals surface area contributed by atoms with Crippen LogP contribution in [0, 0.1) is 24.7 Å². The largest absolute Gasteiger partial charge is 0.493 e. The first kappa shape index (κ1) is 19.4. The van der Waals surface area contributed by atoms with Crippen molar-refractivity contribution < 1.29 is 33.7 Å². The molecule has 0 amide bonds. The highest BCUT2D eigenvalue weighted by atomic mass is 16.6. The Morgan fingerprint density at radius 2 is 1.48 bits per heavy atom. The maximum atomic E-state index is 10.7. The third kappa shape index (κ3) is 6.10. The molecular formula is C15H13NO7. The molecular weight excluding hydrogens is 306 g/mol. The fraction of sp³-hybridized carbons (Fsp3) is 0.133. The highest BCUT2D eigenvalue weighted by Crippen LogP contribution is 2.31. The zero-order valence-corrected chi connectivity index (χ0v) is 12.3. The van der Waals surface area contributed by atoms with Crippen LogP contribution in [0.3, 0.4) is 0 Å². The summed E-state index contributed by atoms with van der Waals surface area (Å²) in [6.45, 7) is 0. The number of nitrogens with two attached hydrogens (primary N) is 1. The number of carboxylic acids is 1. The first-order chi connectivity index (χ1) is 10.8. The summed E-state index contributed by atoms with van der Waals surface area (Å²) in [4.78, 5) is 30.7. The van der Waals surface area contributed by atoms with Crippen LogP contribution in [-0.2, 0) is 14.3 Å². The van der Waals surface area contributed by atoms with Gasteiger partial charge in [-0.2, -0.15) is 0 Å². The molecule has 0 aliphatic carbocycles. The summed E-state index contributed by atoms with van der Waals surface area (Å²) in [6, 6.07) is 2.75. The maximum Gasteiger partial charge on any atom is 0.392 e. The number of methoxy groups -OCH3 is 2. The van der Waals surface area contributed by atoms with E-state index in [-0.39, 0.29) is 11.3 Å². The number of carbonyl (C=O) groups excluding carboxylic acids is 2. The van der Waals surface area contributed by atoms with Crippen molar-refractivity contribution in [2.75, 3.05) is 20.0 Å². The lowest BCUT2D eigenvalue weighted by molar-refractivity contribution is -0.151. The van der Waals surface area contributed by atoms with Gasteiger partial charge in [-0.1, -0.05) is 0 Å². The van der Waals surface area contributed by atoms with Gasteiger partial charge < -0.3 is 25.1 Å². The number of carbonyl (C=O) groups is 3. The fourth-order valence-corrected chi connectivity index (χ4v) is 1.22. The van der Waals surface area contributed by atoms with Crippen molar-refractivity contribution in [3.8, 4) is 36.2 Å². The van der Waals surface area contributed by atoms with Gasteiger partial charge in [0.05, 0.1) is 25.5 Å². The molecule has 0 heterocycles. The maximum absolute atomic E-state index is 10.7. The Balaban J connectivity index is 0.000000468. The van der Waals surface area contributed by atoms with Gasteiger partial charge >= 0.3 is 17.9 Å². The molecule has 0 saturated heterocycles. The molecule has 0 unspecified atom stereocenters.